The van der Waals surface area contributed by atoms with Crippen LogP contribution in [-0.4, -0.2) is 12.5 Å². The molecule has 1 radical (unpaired) electrons. The lowest BCUT2D eigenvalue weighted by Gasteiger charge is -2.22. The van der Waals surface area contributed by atoms with Crippen molar-refractivity contribution in [3.8, 4) is 0 Å². The van der Waals surface area contributed by atoms with Crippen LogP contribution in [0.4, 0.5) is 4.39 Å². The van der Waals surface area contributed by atoms with Crippen molar-refractivity contribution in [1.82, 2.24) is 0 Å². The lowest BCUT2D eigenvalue weighted by Crippen LogP contribution is -2.25. The predicted molar refractivity (Wildman–Crippen MR) is 23.3 cm³/mol. The standard InChI is InChI=1S/C5H6FO/c6-5-1-4(2-5)3-7/h4-5H,1-2H2. The van der Waals surface area contributed by atoms with Crippen LogP contribution < -0.4 is 0 Å². The van der Waals surface area contributed by atoms with E-state index < -0.39 is 6.17 Å². The highest BCUT2D eigenvalue weighted by Crippen LogP contribution is 2.27. The van der Waals surface area contributed by atoms with Crippen molar-refractivity contribution in [1.29, 1.82) is 0 Å². The molecular weight excluding hydrogens is 95.1 g/mol. The second kappa shape index (κ2) is 1.60. The molecule has 0 bridgehead atoms. The summed E-state index contributed by atoms with van der Waals surface area (Å²) >= 11 is 0. The summed E-state index contributed by atoms with van der Waals surface area (Å²) in [5, 5.41) is 0. The average molecular weight is 101 g/mol. The van der Waals surface area contributed by atoms with Gasteiger partial charge in [0.2, 0.25) is 6.29 Å². The third-order valence-corrected chi connectivity index (χ3v) is 1.25. The molecule has 1 nitrogen and oxygen atoms in total. The Bertz CT molecular complexity index is 76.1. The van der Waals surface area contributed by atoms with Gasteiger partial charge < -0.3 is 0 Å². The molecule has 0 aromatic rings. The van der Waals surface area contributed by atoms with Gasteiger partial charge in [-0.2, -0.15) is 0 Å². The maximum Gasteiger partial charge on any atom is 0.201 e. The van der Waals surface area contributed by atoms with Crippen LogP contribution in [0, 0.1) is 5.92 Å². The molecule has 1 aliphatic rings. The molecule has 0 spiro atoms. The fourth-order valence-corrected chi connectivity index (χ4v) is 0.645. The van der Waals surface area contributed by atoms with Crippen LogP contribution in [0.15, 0.2) is 0 Å². The smallest absolute Gasteiger partial charge is 0.201 e. The van der Waals surface area contributed by atoms with Crippen molar-refractivity contribution < 1.29 is 9.18 Å². The SMILES string of the molecule is O=[C]C1CC(F)C1. The molecule has 7 heavy (non-hydrogen) atoms. The van der Waals surface area contributed by atoms with Crippen LogP contribution in [0.1, 0.15) is 12.8 Å². The van der Waals surface area contributed by atoms with E-state index in [1.807, 2.05) is 0 Å². The Morgan fingerprint density at radius 1 is 1.57 bits per heavy atom. The predicted octanol–water partition coefficient (Wildman–Crippen LogP) is 0.844. The summed E-state index contributed by atoms with van der Waals surface area (Å²) in [4.78, 5) is 9.64. The Labute approximate surface area is 41.5 Å². The molecule has 0 saturated heterocycles. The fourth-order valence-electron chi connectivity index (χ4n) is 0.645. The maximum absolute atomic E-state index is 11.8. The molecule has 1 aliphatic carbocycles. The number of hydrogen-bond donors (Lipinski definition) is 0. The third-order valence-electron chi connectivity index (χ3n) is 1.25. The van der Waals surface area contributed by atoms with E-state index in [1.54, 1.807) is 6.29 Å². The zero-order valence-corrected chi connectivity index (χ0v) is 3.86. The van der Waals surface area contributed by atoms with E-state index in [9.17, 15) is 9.18 Å². The van der Waals surface area contributed by atoms with Crippen LogP contribution in [0.5, 0.6) is 0 Å². The molecule has 0 amide bonds. The molecule has 0 N–H and O–H groups in total. The van der Waals surface area contributed by atoms with Crippen LogP contribution in [0.3, 0.4) is 0 Å². The molecule has 1 fully saturated rings. The minimum Gasteiger partial charge on any atom is -0.291 e. The quantitative estimate of drug-likeness (QED) is 0.478. The zero-order valence-electron chi connectivity index (χ0n) is 3.86. The molecule has 0 heterocycles. The van der Waals surface area contributed by atoms with Crippen LogP contribution in [0.25, 0.3) is 0 Å². The summed E-state index contributed by atoms with van der Waals surface area (Å²) in [5.41, 5.74) is 0. The first kappa shape index (κ1) is 4.75. The first-order valence-electron chi connectivity index (χ1n) is 2.34. The Balaban J connectivity index is 2.17. The first-order valence-corrected chi connectivity index (χ1v) is 2.34. The van der Waals surface area contributed by atoms with Gasteiger partial charge in [0.05, 0.1) is 0 Å². The third kappa shape index (κ3) is 0.787. The van der Waals surface area contributed by atoms with Crippen LogP contribution >= 0.6 is 0 Å². The van der Waals surface area contributed by atoms with Gasteiger partial charge in [0.25, 0.3) is 0 Å². The monoisotopic (exact) mass is 101 g/mol. The van der Waals surface area contributed by atoms with Crippen molar-refractivity contribution >= 4 is 6.29 Å². The maximum atomic E-state index is 11.8. The van der Waals surface area contributed by atoms with Gasteiger partial charge in [-0.3, -0.25) is 4.79 Å². The van der Waals surface area contributed by atoms with Gasteiger partial charge in [-0.25, -0.2) is 4.39 Å². The van der Waals surface area contributed by atoms with Crippen molar-refractivity contribution in [2.75, 3.05) is 0 Å². The van der Waals surface area contributed by atoms with Crippen molar-refractivity contribution in [2.24, 2.45) is 5.92 Å². The Morgan fingerprint density at radius 2 is 2.14 bits per heavy atom. The summed E-state index contributed by atoms with van der Waals surface area (Å²) in [6.07, 6.45) is 1.84. The summed E-state index contributed by atoms with van der Waals surface area (Å²) in [5.74, 6) is -0.0880. The number of halogens is 1. The number of alkyl halides is 1. The molecule has 0 atom stereocenters. The lowest BCUT2D eigenvalue weighted by atomic mass is 9.85. The summed E-state index contributed by atoms with van der Waals surface area (Å²) in [7, 11) is 0. The molecule has 0 aromatic heterocycles. The largest absolute Gasteiger partial charge is 0.291 e. The number of carbonyl (C=O) groups excluding carboxylic acids is 1. The van der Waals surface area contributed by atoms with E-state index in [0.29, 0.717) is 12.8 Å². The van der Waals surface area contributed by atoms with Gasteiger partial charge in [0, 0.05) is 5.92 Å². The van der Waals surface area contributed by atoms with E-state index in [-0.39, 0.29) is 5.92 Å². The molecule has 0 unspecified atom stereocenters. The van der Waals surface area contributed by atoms with E-state index >= 15 is 0 Å². The molecule has 1 rings (SSSR count). The summed E-state index contributed by atoms with van der Waals surface area (Å²) in [6, 6.07) is 0. The van der Waals surface area contributed by atoms with Crippen molar-refractivity contribution in [3.05, 3.63) is 0 Å². The van der Waals surface area contributed by atoms with Gasteiger partial charge in [0.15, 0.2) is 0 Å². The lowest BCUT2D eigenvalue weighted by molar-refractivity contribution is 0.170. The molecule has 39 valence electrons. The zero-order chi connectivity index (χ0) is 5.28. The molecule has 1 saturated carbocycles. The summed E-state index contributed by atoms with van der Waals surface area (Å²) < 4.78 is 11.8. The highest BCUT2D eigenvalue weighted by molar-refractivity contribution is 5.56. The van der Waals surface area contributed by atoms with Gasteiger partial charge in [-0.05, 0) is 12.8 Å². The van der Waals surface area contributed by atoms with Crippen LogP contribution in [-0.2, 0) is 4.79 Å². The van der Waals surface area contributed by atoms with Crippen molar-refractivity contribution in [3.63, 3.8) is 0 Å². The van der Waals surface area contributed by atoms with Gasteiger partial charge in [-0.15, -0.1) is 0 Å². The first-order chi connectivity index (χ1) is 3.33. The van der Waals surface area contributed by atoms with E-state index in [4.69, 9.17) is 0 Å². The normalized spacial score (nSPS) is 39.6. The van der Waals surface area contributed by atoms with E-state index in [2.05, 4.69) is 0 Å². The van der Waals surface area contributed by atoms with E-state index in [0.717, 1.165) is 0 Å². The summed E-state index contributed by atoms with van der Waals surface area (Å²) in [6.45, 7) is 0. The minimum atomic E-state index is -0.716. The van der Waals surface area contributed by atoms with Crippen molar-refractivity contribution in [2.45, 2.75) is 19.0 Å². The minimum absolute atomic E-state index is 0.0880. The fraction of sp³-hybridized carbons (Fsp3) is 0.800. The van der Waals surface area contributed by atoms with Gasteiger partial charge in [0.1, 0.15) is 6.17 Å². The second-order valence-corrected chi connectivity index (χ2v) is 1.88. The molecule has 0 aromatic carbocycles. The Kier molecular flexibility index (Phi) is 1.09. The Hall–Kier alpha value is -0.400. The van der Waals surface area contributed by atoms with Gasteiger partial charge in [-0.1, -0.05) is 0 Å². The molecule has 2 heteroatoms. The molecular formula is C5H6FO. The highest BCUT2D eigenvalue weighted by Gasteiger charge is 2.28. The van der Waals surface area contributed by atoms with E-state index in [1.165, 1.54) is 0 Å². The second-order valence-electron chi connectivity index (χ2n) is 1.88. The average Bonchev–Trinajstić information content (AvgIpc) is 1.58. The molecule has 0 aliphatic heterocycles. The van der Waals surface area contributed by atoms with Crippen LogP contribution in [0.2, 0.25) is 0 Å². The number of hydrogen-bond acceptors (Lipinski definition) is 1. The highest BCUT2D eigenvalue weighted by atomic mass is 19.1. The number of rotatable bonds is 1. The topological polar surface area (TPSA) is 17.1 Å². The Morgan fingerprint density at radius 3 is 2.29 bits per heavy atom. The van der Waals surface area contributed by atoms with Gasteiger partial charge >= 0.3 is 0 Å².